The number of ether oxygens (including phenoxy) is 1. The van der Waals surface area contributed by atoms with Crippen LogP contribution < -0.4 is 0 Å². The smallest absolute Gasteiger partial charge is 0.410 e. The minimum atomic E-state index is -4.50. The Bertz CT molecular complexity index is 808. The van der Waals surface area contributed by atoms with Crippen molar-refractivity contribution in [3.05, 3.63) is 77.4 Å². The van der Waals surface area contributed by atoms with Crippen LogP contribution in [0.25, 0.3) is 5.57 Å². The van der Waals surface area contributed by atoms with Gasteiger partial charge in [-0.15, -0.1) is 0 Å². The molecule has 0 saturated carbocycles. The first-order valence-corrected chi connectivity index (χ1v) is 7.53. The SMILES string of the molecule is CCOC(=O)c1ccc(/C(C#Cc2ccccc2)=C\C(F)(F)F)cc1. The van der Waals surface area contributed by atoms with E-state index in [2.05, 4.69) is 11.8 Å². The second kappa shape index (κ2) is 8.20. The van der Waals surface area contributed by atoms with E-state index in [1.165, 1.54) is 24.3 Å². The quantitative estimate of drug-likeness (QED) is 0.587. The number of allylic oxidation sites excluding steroid dienone is 2. The topological polar surface area (TPSA) is 26.3 Å². The molecule has 0 fully saturated rings. The minimum absolute atomic E-state index is 0.155. The lowest BCUT2D eigenvalue weighted by atomic mass is 10.0. The number of halogens is 3. The molecule has 5 heteroatoms. The summed E-state index contributed by atoms with van der Waals surface area (Å²) in [7, 11) is 0. The Morgan fingerprint density at radius 1 is 1.04 bits per heavy atom. The Labute approximate surface area is 143 Å². The van der Waals surface area contributed by atoms with Gasteiger partial charge in [0.1, 0.15) is 0 Å². The lowest BCUT2D eigenvalue weighted by Crippen LogP contribution is -2.05. The number of hydrogen-bond acceptors (Lipinski definition) is 2. The highest BCUT2D eigenvalue weighted by Gasteiger charge is 2.24. The third-order valence-electron chi connectivity index (χ3n) is 3.13. The number of esters is 1. The Hall–Kier alpha value is -3.00. The predicted molar refractivity (Wildman–Crippen MR) is 89.8 cm³/mol. The number of hydrogen-bond donors (Lipinski definition) is 0. The molecule has 0 atom stereocenters. The number of carbonyl (C=O) groups is 1. The van der Waals surface area contributed by atoms with Gasteiger partial charge in [-0.2, -0.15) is 13.2 Å². The molecule has 0 aliphatic carbocycles. The van der Waals surface area contributed by atoms with Crippen molar-refractivity contribution in [3.8, 4) is 11.8 Å². The van der Waals surface area contributed by atoms with Crippen molar-refractivity contribution >= 4 is 11.5 Å². The van der Waals surface area contributed by atoms with E-state index in [4.69, 9.17) is 4.74 Å². The summed E-state index contributed by atoms with van der Waals surface area (Å²) < 4.78 is 43.3. The average Bonchev–Trinajstić information content (AvgIpc) is 2.59. The van der Waals surface area contributed by atoms with E-state index in [1.807, 2.05) is 0 Å². The first-order chi connectivity index (χ1) is 11.9. The molecule has 2 rings (SSSR count). The van der Waals surface area contributed by atoms with Gasteiger partial charge < -0.3 is 4.74 Å². The molecular weight excluding hydrogens is 329 g/mol. The van der Waals surface area contributed by atoms with E-state index in [0.717, 1.165) is 0 Å². The van der Waals surface area contributed by atoms with E-state index < -0.39 is 12.1 Å². The number of rotatable bonds is 3. The molecule has 25 heavy (non-hydrogen) atoms. The van der Waals surface area contributed by atoms with Crippen LogP contribution in [-0.2, 0) is 4.74 Å². The normalized spacial score (nSPS) is 11.4. The number of carbonyl (C=O) groups excluding carboxylic acids is 1. The van der Waals surface area contributed by atoms with Gasteiger partial charge in [0.15, 0.2) is 0 Å². The van der Waals surface area contributed by atoms with Gasteiger partial charge in [0.25, 0.3) is 0 Å². The summed E-state index contributed by atoms with van der Waals surface area (Å²) >= 11 is 0. The van der Waals surface area contributed by atoms with Gasteiger partial charge in [0.2, 0.25) is 0 Å². The van der Waals surface area contributed by atoms with Crippen LogP contribution in [0.15, 0.2) is 60.7 Å². The molecule has 0 heterocycles. The molecule has 0 N–H and O–H groups in total. The Balaban J connectivity index is 2.35. The molecular formula is C20H15F3O2. The molecule has 128 valence electrons. The zero-order valence-electron chi connectivity index (χ0n) is 13.4. The van der Waals surface area contributed by atoms with Gasteiger partial charge in [-0.25, -0.2) is 4.79 Å². The maximum atomic E-state index is 12.8. The van der Waals surface area contributed by atoms with E-state index in [9.17, 15) is 18.0 Å². The molecule has 0 spiro atoms. The van der Waals surface area contributed by atoms with E-state index >= 15 is 0 Å². The van der Waals surface area contributed by atoms with Crippen LogP contribution in [0.1, 0.15) is 28.4 Å². The monoisotopic (exact) mass is 344 g/mol. The van der Waals surface area contributed by atoms with Gasteiger partial charge in [0, 0.05) is 17.2 Å². The lowest BCUT2D eigenvalue weighted by Gasteiger charge is -2.06. The van der Waals surface area contributed by atoms with Crippen molar-refractivity contribution in [2.45, 2.75) is 13.1 Å². The highest BCUT2D eigenvalue weighted by atomic mass is 19.4. The molecule has 2 aromatic rings. The van der Waals surface area contributed by atoms with Crippen LogP contribution in [0.2, 0.25) is 0 Å². The Kier molecular flexibility index (Phi) is 6.02. The largest absolute Gasteiger partial charge is 0.462 e. The molecule has 0 bridgehead atoms. The zero-order chi connectivity index (χ0) is 18.3. The molecule has 0 radical (unpaired) electrons. The van der Waals surface area contributed by atoms with Crippen LogP contribution in [0.4, 0.5) is 13.2 Å². The summed E-state index contributed by atoms with van der Waals surface area (Å²) in [4.78, 5) is 11.6. The molecule has 0 saturated heterocycles. The van der Waals surface area contributed by atoms with Crippen molar-refractivity contribution in [2.24, 2.45) is 0 Å². The number of benzene rings is 2. The highest BCUT2D eigenvalue weighted by Crippen LogP contribution is 2.24. The standard InChI is InChI=1S/C20H15F3O2/c1-2-25-19(24)17-12-10-16(11-13-17)18(14-20(21,22)23)9-8-15-6-4-3-5-7-15/h3-7,10-14H,2H2,1H3/b18-14-. The van der Waals surface area contributed by atoms with Gasteiger partial charge in [0.05, 0.1) is 12.2 Å². The maximum Gasteiger partial charge on any atom is 0.410 e. The first kappa shape index (κ1) is 18.3. The predicted octanol–water partition coefficient (Wildman–Crippen LogP) is 4.86. The Morgan fingerprint density at radius 2 is 1.64 bits per heavy atom. The fourth-order valence-electron chi connectivity index (χ4n) is 2.02. The second-order valence-corrected chi connectivity index (χ2v) is 5.01. The van der Waals surface area contributed by atoms with Crippen molar-refractivity contribution in [2.75, 3.05) is 6.61 Å². The van der Waals surface area contributed by atoms with Crippen molar-refractivity contribution in [3.63, 3.8) is 0 Å². The fourth-order valence-corrected chi connectivity index (χ4v) is 2.02. The first-order valence-electron chi connectivity index (χ1n) is 7.53. The summed E-state index contributed by atoms with van der Waals surface area (Å²) in [6.07, 6.45) is -4.34. The maximum absolute atomic E-state index is 12.8. The van der Waals surface area contributed by atoms with Crippen LogP contribution in [0.3, 0.4) is 0 Å². The highest BCUT2D eigenvalue weighted by molar-refractivity contribution is 5.90. The average molecular weight is 344 g/mol. The third-order valence-corrected chi connectivity index (χ3v) is 3.13. The van der Waals surface area contributed by atoms with Crippen LogP contribution in [0.5, 0.6) is 0 Å². The van der Waals surface area contributed by atoms with Gasteiger partial charge in [-0.1, -0.05) is 42.2 Å². The van der Waals surface area contributed by atoms with Crippen molar-refractivity contribution < 1.29 is 22.7 Å². The third kappa shape index (κ3) is 5.85. The van der Waals surface area contributed by atoms with E-state index in [1.54, 1.807) is 37.3 Å². The molecule has 0 aliphatic rings. The van der Waals surface area contributed by atoms with Crippen LogP contribution in [0, 0.1) is 11.8 Å². The van der Waals surface area contributed by atoms with E-state index in [-0.39, 0.29) is 29.4 Å². The summed E-state index contributed by atoms with van der Waals surface area (Å²) in [6, 6.07) is 14.4. The summed E-state index contributed by atoms with van der Waals surface area (Å²) in [5.74, 6) is 4.75. The fraction of sp³-hybridized carbons (Fsp3) is 0.150. The van der Waals surface area contributed by atoms with Crippen LogP contribution >= 0.6 is 0 Å². The second-order valence-electron chi connectivity index (χ2n) is 5.01. The lowest BCUT2D eigenvalue weighted by molar-refractivity contribution is -0.0792. The molecule has 2 aromatic carbocycles. The number of alkyl halides is 3. The molecule has 0 unspecified atom stereocenters. The van der Waals surface area contributed by atoms with E-state index in [0.29, 0.717) is 5.56 Å². The summed E-state index contributed by atoms with van der Waals surface area (Å²) in [5, 5.41) is 0. The summed E-state index contributed by atoms with van der Waals surface area (Å²) in [5.41, 5.74) is 0.979. The zero-order valence-corrected chi connectivity index (χ0v) is 13.4. The molecule has 0 aromatic heterocycles. The molecule has 0 amide bonds. The minimum Gasteiger partial charge on any atom is -0.462 e. The molecule has 2 nitrogen and oxygen atoms in total. The van der Waals surface area contributed by atoms with Crippen molar-refractivity contribution in [1.29, 1.82) is 0 Å². The van der Waals surface area contributed by atoms with Crippen LogP contribution in [-0.4, -0.2) is 18.8 Å². The Morgan fingerprint density at radius 3 is 2.20 bits per heavy atom. The summed E-state index contributed by atoms with van der Waals surface area (Å²) in [6.45, 7) is 1.90. The van der Waals surface area contributed by atoms with Gasteiger partial charge in [-0.05, 0) is 36.8 Å². The van der Waals surface area contributed by atoms with Gasteiger partial charge >= 0.3 is 12.1 Å². The molecule has 0 aliphatic heterocycles. The van der Waals surface area contributed by atoms with Crippen molar-refractivity contribution in [1.82, 2.24) is 0 Å². The van der Waals surface area contributed by atoms with Gasteiger partial charge in [-0.3, -0.25) is 0 Å².